The molecule has 0 bridgehead atoms. The zero-order valence-corrected chi connectivity index (χ0v) is 16.6. The normalized spacial score (nSPS) is 10.7. The van der Waals surface area contributed by atoms with Crippen molar-refractivity contribution >= 4 is 23.2 Å². The van der Waals surface area contributed by atoms with Crippen LogP contribution >= 0.6 is 11.6 Å². The van der Waals surface area contributed by atoms with Crippen molar-refractivity contribution in [2.75, 3.05) is 4.90 Å². The Morgan fingerprint density at radius 3 is 2.43 bits per heavy atom. The number of rotatable bonds is 6. The summed E-state index contributed by atoms with van der Waals surface area (Å²) in [6.45, 7) is 0.174. The number of hydrogen-bond donors (Lipinski definition) is 1. The number of carbonyl (C=O) groups excluding carboxylic acids is 1. The molecule has 2 aromatic heterocycles. The first kappa shape index (κ1) is 19.7. The molecule has 6 nitrogen and oxygen atoms in total. The topological polar surface area (TPSA) is 74.8 Å². The van der Waals surface area contributed by atoms with Gasteiger partial charge in [-0.25, -0.2) is 19.3 Å². The zero-order valence-electron chi connectivity index (χ0n) is 15.8. The maximum Gasteiger partial charge on any atom is 0.231 e. The van der Waals surface area contributed by atoms with E-state index in [2.05, 4.69) is 19.9 Å². The van der Waals surface area contributed by atoms with Crippen LogP contribution in [0.4, 0.5) is 10.1 Å². The molecule has 0 spiro atoms. The number of anilines is 1. The number of carbonyl (C=O) groups is 1. The summed E-state index contributed by atoms with van der Waals surface area (Å²) in [4.78, 5) is 29.7. The van der Waals surface area contributed by atoms with Crippen molar-refractivity contribution < 1.29 is 9.18 Å². The van der Waals surface area contributed by atoms with Crippen molar-refractivity contribution in [3.05, 3.63) is 95.7 Å². The van der Waals surface area contributed by atoms with Crippen molar-refractivity contribution in [3.63, 3.8) is 0 Å². The maximum atomic E-state index is 13.8. The molecule has 0 saturated heterocycles. The number of aromatic amines is 1. The fourth-order valence-electron chi connectivity index (χ4n) is 3.13. The van der Waals surface area contributed by atoms with Gasteiger partial charge in [0, 0.05) is 23.1 Å². The Morgan fingerprint density at radius 2 is 1.77 bits per heavy atom. The van der Waals surface area contributed by atoms with Crippen LogP contribution in [0.15, 0.2) is 73.7 Å². The Morgan fingerprint density at radius 1 is 1.00 bits per heavy atom. The van der Waals surface area contributed by atoms with E-state index in [1.165, 1.54) is 18.5 Å². The van der Waals surface area contributed by atoms with Gasteiger partial charge in [-0.15, -0.1) is 0 Å². The van der Waals surface area contributed by atoms with E-state index in [0.29, 0.717) is 16.8 Å². The molecule has 1 N–H and O–H groups in total. The Bertz CT molecular complexity index is 1110. The second kappa shape index (κ2) is 8.84. The highest BCUT2D eigenvalue weighted by atomic mass is 35.5. The van der Waals surface area contributed by atoms with Gasteiger partial charge in [0.25, 0.3) is 0 Å². The Balaban J connectivity index is 1.64. The number of benzene rings is 2. The Labute approximate surface area is 177 Å². The van der Waals surface area contributed by atoms with Crippen molar-refractivity contribution in [2.24, 2.45) is 0 Å². The molecule has 0 fully saturated rings. The molecule has 0 aliphatic heterocycles. The number of halogens is 2. The van der Waals surface area contributed by atoms with Crippen molar-refractivity contribution in [2.45, 2.75) is 13.0 Å². The first-order chi connectivity index (χ1) is 14.6. The minimum atomic E-state index is -0.448. The van der Waals surface area contributed by atoms with Crippen molar-refractivity contribution in [1.29, 1.82) is 0 Å². The van der Waals surface area contributed by atoms with E-state index in [-0.39, 0.29) is 23.9 Å². The summed E-state index contributed by atoms with van der Waals surface area (Å²) in [7, 11) is 0. The fourth-order valence-corrected chi connectivity index (χ4v) is 3.38. The number of nitrogens with zero attached hydrogens (tertiary/aromatic N) is 4. The molecule has 4 rings (SSSR count). The van der Waals surface area contributed by atoms with Crippen molar-refractivity contribution in [1.82, 2.24) is 19.9 Å². The van der Waals surface area contributed by atoms with E-state index in [1.54, 1.807) is 35.9 Å². The first-order valence-electron chi connectivity index (χ1n) is 9.16. The van der Waals surface area contributed by atoms with Crippen LogP contribution in [-0.2, 0) is 17.8 Å². The van der Waals surface area contributed by atoms with Gasteiger partial charge in [-0.3, -0.25) is 4.79 Å². The predicted molar refractivity (Wildman–Crippen MR) is 112 cm³/mol. The zero-order chi connectivity index (χ0) is 20.9. The van der Waals surface area contributed by atoms with Crippen LogP contribution in [0, 0.1) is 5.82 Å². The van der Waals surface area contributed by atoms with Crippen LogP contribution in [-0.4, -0.2) is 25.8 Å². The summed E-state index contributed by atoms with van der Waals surface area (Å²) in [5.74, 6) is -0.615. The molecule has 2 aromatic carbocycles. The molecular formula is C22H17ClFN5O. The smallest absolute Gasteiger partial charge is 0.231 e. The highest BCUT2D eigenvalue weighted by Gasteiger charge is 2.18. The van der Waals surface area contributed by atoms with Gasteiger partial charge in [0.1, 0.15) is 12.1 Å². The number of amides is 1. The third kappa shape index (κ3) is 4.69. The van der Waals surface area contributed by atoms with Gasteiger partial charge in [0.2, 0.25) is 5.91 Å². The van der Waals surface area contributed by atoms with E-state index in [9.17, 15) is 9.18 Å². The van der Waals surface area contributed by atoms with E-state index in [0.717, 1.165) is 11.3 Å². The molecule has 0 aliphatic carbocycles. The predicted octanol–water partition coefficient (Wildman–Crippen LogP) is 4.44. The fraction of sp³-hybridized carbons (Fsp3) is 0.0909. The third-order valence-electron chi connectivity index (χ3n) is 4.52. The quantitative estimate of drug-likeness (QED) is 0.499. The number of H-pyrrole nitrogens is 1. The lowest BCUT2D eigenvalue weighted by Gasteiger charge is -2.23. The standard InChI is InChI=1S/C22H17ClFN5O/c23-18-5-15(6-19(24)8-18)12-29(22(30)7-16-9-25-13-26-10-16)20-3-1-17(2-4-20)21-11-27-14-28-21/h1-6,8-11,13-14H,7,12H2,(H,27,28). The van der Waals surface area contributed by atoms with Gasteiger partial charge < -0.3 is 9.88 Å². The summed E-state index contributed by atoms with van der Waals surface area (Å²) in [5, 5.41) is 0.281. The van der Waals surface area contributed by atoms with Gasteiger partial charge in [-0.05, 0) is 47.0 Å². The number of aromatic nitrogens is 4. The van der Waals surface area contributed by atoms with Gasteiger partial charge in [-0.2, -0.15) is 0 Å². The molecule has 1 amide bonds. The van der Waals surface area contributed by atoms with Crippen molar-refractivity contribution in [3.8, 4) is 11.3 Å². The number of imidazole rings is 1. The minimum absolute atomic E-state index is 0.117. The van der Waals surface area contributed by atoms with Gasteiger partial charge in [-0.1, -0.05) is 23.7 Å². The molecule has 0 radical (unpaired) electrons. The van der Waals surface area contributed by atoms with E-state index >= 15 is 0 Å². The SMILES string of the molecule is O=C(Cc1cncnc1)N(Cc1cc(F)cc(Cl)c1)c1ccc(-c2cnc[nH]2)cc1. The average molecular weight is 422 g/mol. The summed E-state index contributed by atoms with van der Waals surface area (Å²) >= 11 is 6.00. The maximum absolute atomic E-state index is 13.8. The number of nitrogens with one attached hydrogen (secondary N) is 1. The van der Waals surface area contributed by atoms with Crippen LogP contribution < -0.4 is 4.90 Å². The Kier molecular flexibility index (Phi) is 5.81. The average Bonchev–Trinajstić information content (AvgIpc) is 3.27. The summed E-state index contributed by atoms with van der Waals surface area (Å²) < 4.78 is 13.8. The lowest BCUT2D eigenvalue weighted by atomic mass is 10.1. The molecule has 0 saturated carbocycles. The molecule has 4 aromatic rings. The molecule has 30 heavy (non-hydrogen) atoms. The van der Waals surface area contributed by atoms with E-state index in [4.69, 9.17) is 11.6 Å². The lowest BCUT2D eigenvalue weighted by Crippen LogP contribution is -2.31. The monoisotopic (exact) mass is 421 g/mol. The summed E-state index contributed by atoms with van der Waals surface area (Å²) in [6, 6.07) is 11.7. The second-order valence-corrected chi connectivity index (χ2v) is 7.13. The van der Waals surface area contributed by atoms with E-state index in [1.807, 2.05) is 24.3 Å². The highest BCUT2D eigenvalue weighted by Crippen LogP contribution is 2.25. The largest absolute Gasteiger partial charge is 0.345 e. The van der Waals surface area contributed by atoms with Crippen LogP contribution in [0.5, 0.6) is 0 Å². The van der Waals surface area contributed by atoms with Gasteiger partial charge >= 0.3 is 0 Å². The van der Waals surface area contributed by atoms with E-state index < -0.39 is 5.82 Å². The molecule has 0 atom stereocenters. The molecule has 8 heteroatoms. The molecule has 150 valence electrons. The van der Waals surface area contributed by atoms with Gasteiger partial charge in [0.05, 0.1) is 31.2 Å². The number of hydrogen-bond acceptors (Lipinski definition) is 4. The minimum Gasteiger partial charge on any atom is -0.345 e. The summed E-state index contributed by atoms with van der Waals surface area (Å²) in [6.07, 6.45) is 8.06. The van der Waals surface area contributed by atoms with Crippen LogP contribution in [0.25, 0.3) is 11.3 Å². The Hall–Kier alpha value is -3.58. The summed E-state index contributed by atoms with van der Waals surface area (Å²) in [5.41, 5.74) is 3.78. The molecule has 2 heterocycles. The lowest BCUT2D eigenvalue weighted by molar-refractivity contribution is -0.118. The molecule has 0 unspecified atom stereocenters. The second-order valence-electron chi connectivity index (χ2n) is 6.69. The van der Waals surface area contributed by atoms with Crippen LogP contribution in [0.3, 0.4) is 0 Å². The van der Waals surface area contributed by atoms with Crippen LogP contribution in [0.1, 0.15) is 11.1 Å². The molecule has 0 aliphatic rings. The molecular weight excluding hydrogens is 405 g/mol. The van der Waals surface area contributed by atoms with Crippen LogP contribution in [0.2, 0.25) is 5.02 Å². The van der Waals surface area contributed by atoms with Gasteiger partial charge in [0.15, 0.2) is 0 Å². The first-order valence-corrected chi connectivity index (χ1v) is 9.54. The highest BCUT2D eigenvalue weighted by molar-refractivity contribution is 6.30. The third-order valence-corrected chi connectivity index (χ3v) is 4.74.